The molecule has 3 rings (SSSR count). The molecule has 178 valence electrons. The Morgan fingerprint density at radius 2 is 1.74 bits per heavy atom. The van der Waals surface area contributed by atoms with E-state index in [4.69, 9.17) is 4.74 Å². The SMILES string of the molecule is Cc1ccccc1-c1ccc(OCCN(C)C)c(C(=O)/C=C/c2ccc(O)c(CN(C)C)c2)c1. The van der Waals surface area contributed by atoms with E-state index in [1.54, 1.807) is 24.3 Å². The molecule has 0 spiro atoms. The molecule has 0 saturated heterocycles. The molecule has 0 heterocycles. The second kappa shape index (κ2) is 11.6. The zero-order chi connectivity index (χ0) is 24.7. The van der Waals surface area contributed by atoms with Gasteiger partial charge in [-0.05, 0) is 87.7 Å². The van der Waals surface area contributed by atoms with Gasteiger partial charge in [0.15, 0.2) is 5.78 Å². The zero-order valence-electron chi connectivity index (χ0n) is 20.7. The van der Waals surface area contributed by atoms with Gasteiger partial charge in [0.2, 0.25) is 0 Å². The Morgan fingerprint density at radius 3 is 2.44 bits per heavy atom. The highest BCUT2D eigenvalue weighted by Crippen LogP contribution is 2.30. The van der Waals surface area contributed by atoms with Crippen molar-refractivity contribution in [3.8, 4) is 22.6 Å². The van der Waals surface area contributed by atoms with Gasteiger partial charge in [0.25, 0.3) is 0 Å². The second-order valence-electron chi connectivity index (χ2n) is 9.00. The van der Waals surface area contributed by atoms with Gasteiger partial charge in [-0.15, -0.1) is 0 Å². The van der Waals surface area contributed by atoms with Crippen molar-refractivity contribution in [2.45, 2.75) is 13.5 Å². The first kappa shape index (κ1) is 25.2. The number of hydrogen-bond donors (Lipinski definition) is 1. The first-order chi connectivity index (χ1) is 16.2. The Hall–Kier alpha value is -3.41. The lowest BCUT2D eigenvalue weighted by Gasteiger charge is -2.15. The molecule has 0 atom stereocenters. The molecule has 0 unspecified atom stereocenters. The fraction of sp³-hybridized carbons (Fsp3) is 0.276. The van der Waals surface area contributed by atoms with E-state index in [0.717, 1.165) is 34.4 Å². The van der Waals surface area contributed by atoms with Gasteiger partial charge in [0, 0.05) is 18.7 Å². The quantitative estimate of drug-likeness (QED) is 0.332. The first-order valence-corrected chi connectivity index (χ1v) is 11.4. The second-order valence-corrected chi connectivity index (χ2v) is 9.00. The van der Waals surface area contributed by atoms with Crippen LogP contribution in [-0.2, 0) is 6.54 Å². The highest BCUT2D eigenvalue weighted by atomic mass is 16.5. The van der Waals surface area contributed by atoms with Crippen LogP contribution in [0.3, 0.4) is 0 Å². The molecule has 0 saturated carbocycles. The topological polar surface area (TPSA) is 53.0 Å². The van der Waals surface area contributed by atoms with Crippen LogP contribution in [0.4, 0.5) is 0 Å². The number of ether oxygens (including phenoxy) is 1. The van der Waals surface area contributed by atoms with Crippen LogP contribution in [0.1, 0.15) is 27.0 Å². The van der Waals surface area contributed by atoms with Gasteiger partial charge < -0.3 is 19.6 Å². The number of aryl methyl sites for hydroxylation is 1. The number of phenolic OH excluding ortho intramolecular Hbond substituents is 1. The lowest BCUT2D eigenvalue weighted by molar-refractivity contribution is 0.104. The molecule has 0 aliphatic rings. The van der Waals surface area contributed by atoms with E-state index >= 15 is 0 Å². The molecule has 5 nitrogen and oxygen atoms in total. The lowest BCUT2D eigenvalue weighted by atomic mass is 9.97. The maximum atomic E-state index is 13.3. The third-order valence-corrected chi connectivity index (χ3v) is 5.51. The van der Waals surface area contributed by atoms with Crippen molar-refractivity contribution in [2.75, 3.05) is 41.3 Å². The number of benzene rings is 3. The van der Waals surface area contributed by atoms with Crippen molar-refractivity contribution in [2.24, 2.45) is 0 Å². The number of phenols is 1. The summed E-state index contributed by atoms with van der Waals surface area (Å²) in [6, 6.07) is 19.3. The minimum Gasteiger partial charge on any atom is -0.508 e. The molecule has 3 aromatic carbocycles. The van der Waals surface area contributed by atoms with Gasteiger partial charge in [-0.3, -0.25) is 4.79 Å². The zero-order valence-corrected chi connectivity index (χ0v) is 20.7. The van der Waals surface area contributed by atoms with Gasteiger partial charge in [-0.1, -0.05) is 42.5 Å². The predicted octanol–water partition coefficient (Wildman–Crippen LogP) is 5.27. The van der Waals surface area contributed by atoms with Crippen molar-refractivity contribution in [3.63, 3.8) is 0 Å². The lowest BCUT2D eigenvalue weighted by Crippen LogP contribution is -2.20. The molecule has 1 N–H and O–H groups in total. The number of likely N-dealkylation sites (N-methyl/N-ethyl adjacent to an activating group) is 1. The van der Waals surface area contributed by atoms with Gasteiger partial charge in [-0.2, -0.15) is 0 Å². The van der Waals surface area contributed by atoms with Crippen LogP contribution in [0, 0.1) is 6.92 Å². The minimum absolute atomic E-state index is 0.127. The summed E-state index contributed by atoms with van der Waals surface area (Å²) in [6.07, 6.45) is 3.35. The Bertz CT molecular complexity index is 1170. The maximum Gasteiger partial charge on any atom is 0.189 e. The van der Waals surface area contributed by atoms with E-state index in [1.165, 1.54) is 0 Å². The molecular weight excluding hydrogens is 424 g/mol. The molecule has 34 heavy (non-hydrogen) atoms. The summed E-state index contributed by atoms with van der Waals surface area (Å²) in [5.74, 6) is 0.699. The number of nitrogens with zero attached hydrogens (tertiary/aromatic N) is 2. The molecular formula is C29H34N2O3. The number of ketones is 1. The number of rotatable bonds is 10. The predicted molar refractivity (Wildman–Crippen MR) is 140 cm³/mol. The van der Waals surface area contributed by atoms with E-state index in [9.17, 15) is 9.90 Å². The van der Waals surface area contributed by atoms with Crippen molar-refractivity contribution >= 4 is 11.9 Å². The van der Waals surface area contributed by atoms with Gasteiger partial charge in [0.05, 0.1) is 5.56 Å². The van der Waals surface area contributed by atoms with Crippen molar-refractivity contribution in [1.29, 1.82) is 0 Å². The summed E-state index contributed by atoms with van der Waals surface area (Å²) in [5, 5.41) is 10.1. The van der Waals surface area contributed by atoms with Gasteiger partial charge in [-0.25, -0.2) is 0 Å². The fourth-order valence-corrected chi connectivity index (χ4v) is 3.69. The number of carbonyl (C=O) groups is 1. The van der Waals surface area contributed by atoms with Crippen LogP contribution in [0.15, 0.2) is 66.7 Å². The highest BCUT2D eigenvalue weighted by molar-refractivity contribution is 6.09. The summed E-state index contributed by atoms with van der Waals surface area (Å²) in [4.78, 5) is 17.3. The summed E-state index contributed by atoms with van der Waals surface area (Å²) < 4.78 is 5.99. The van der Waals surface area contributed by atoms with Crippen LogP contribution >= 0.6 is 0 Å². The molecule has 0 fully saturated rings. The average molecular weight is 459 g/mol. The largest absolute Gasteiger partial charge is 0.508 e. The fourth-order valence-electron chi connectivity index (χ4n) is 3.69. The van der Waals surface area contributed by atoms with Crippen LogP contribution in [0.5, 0.6) is 11.5 Å². The average Bonchev–Trinajstić information content (AvgIpc) is 2.79. The molecule has 0 radical (unpaired) electrons. The Balaban J connectivity index is 1.92. The maximum absolute atomic E-state index is 13.3. The highest BCUT2D eigenvalue weighted by Gasteiger charge is 2.14. The molecule has 3 aromatic rings. The van der Waals surface area contributed by atoms with Crippen molar-refractivity contribution in [1.82, 2.24) is 9.80 Å². The monoisotopic (exact) mass is 458 g/mol. The standard InChI is InChI=1S/C29H34N2O3/c1-21-8-6-7-9-25(21)23-12-15-29(34-17-16-30(2)3)26(19-23)28(33)14-11-22-10-13-27(32)24(18-22)20-31(4)5/h6-15,18-19,32H,16-17,20H2,1-5H3/b14-11+. The summed E-state index contributed by atoms with van der Waals surface area (Å²) in [6.45, 7) is 3.93. The number of carbonyl (C=O) groups excluding carboxylic acids is 1. The van der Waals surface area contributed by atoms with E-state index in [2.05, 4.69) is 19.1 Å². The molecule has 0 amide bonds. The number of aromatic hydroxyl groups is 1. The molecule has 0 aliphatic heterocycles. The van der Waals surface area contributed by atoms with E-state index in [-0.39, 0.29) is 11.5 Å². The third kappa shape index (κ3) is 6.80. The summed E-state index contributed by atoms with van der Waals surface area (Å²) >= 11 is 0. The summed E-state index contributed by atoms with van der Waals surface area (Å²) in [7, 11) is 7.87. The molecule has 0 aliphatic carbocycles. The van der Waals surface area contributed by atoms with Crippen molar-refractivity contribution in [3.05, 3.63) is 89.0 Å². The van der Waals surface area contributed by atoms with E-state index in [0.29, 0.717) is 24.5 Å². The van der Waals surface area contributed by atoms with Crippen LogP contribution in [0.2, 0.25) is 0 Å². The van der Waals surface area contributed by atoms with Crippen LogP contribution in [-0.4, -0.2) is 62.0 Å². The smallest absolute Gasteiger partial charge is 0.189 e. The molecule has 0 bridgehead atoms. The van der Waals surface area contributed by atoms with Gasteiger partial charge in [0.1, 0.15) is 18.1 Å². The number of hydrogen-bond acceptors (Lipinski definition) is 5. The van der Waals surface area contributed by atoms with Gasteiger partial charge >= 0.3 is 0 Å². The molecule has 5 heteroatoms. The third-order valence-electron chi connectivity index (χ3n) is 5.51. The van der Waals surface area contributed by atoms with E-state index in [1.807, 2.05) is 74.4 Å². The first-order valence-electron chi connectivity index (χ1n) is 11.4. The van der Waals surface area contributed by atoms with Crippen LogP contribution in [0.25, 0.3) is 17.2 Å². The van der Waals surface area contributed by atoms with Crippen LogP contribution < -0.4 is 4.74 Å². The Kier molecular flexibility index (Phi) is 8.63. The Labute approximate surface area is 202 Å². The number of allylic oxidation sites excluding steroid dienone is 1. The Morgan fingerprint density at radius 1 is 0.971 bits per heavy atom. The minimum atomic E-state index is -0.127. The molecule has 0 aromatic heterocycles. The van der Waals surface area contributed by atoms with E-state index < -0.39 is 0 Å². The van der Waals surface area contributed by atoms with Crippen molar-refractivity contribution < 1.29 is 14.6 Å². The summed E-state index contributed by atoms with van der Waals surface area (Å²) in [5.41, 5.74) is 5.42. The normalized spacial score (nSPS) is 11.5.